The van der Waals surface area contributed by atoms with Crippen molar-refractivity contribution < 1.29 is 24.2 Å². The number of hydrogen-bond acceptors (Lipinski definition) is 4. The Morgan fingerprint density at radius 3 is 2.50 bits per heavy atom. The van der Waals surface area contributed by atoms with E-state index < -0.39 is 35.7 Å². The van der Waals surface area contributed by atoms with Crippen LogP contribution in [0.4, 0.5) is 0 Å². The molecule has 26 heavy (non-hydrogen) atoms. The average molecular weight is 360 g/mol. The van der Waals surface area contributed by atoms with Crippen LogP contribution in [0, 0.1) is 30.6 Å². The van der Waals surface area contributed by atoms with Crippen LogP contribution in [0.15, 0.2) is 24.3 Å². The molecule has 140 valence electrons. The number of hydrogen-bond donors (Lipinski definition) is 3. The summed E-state index contributed by atoms with van der Waals surface area (Å²) in [4.78, 5) is 36.1. The number of rotatable bonds is 5. The van der Waals surface area contributed by atoms with Crippen LogP contribution in [-0.4, -0.2) is 29.0 Å². The molecule has 5 atom stereocenters. The van der Waals surface area contributed by atoms with Crippen LogP contribution < -0.4 is 15.6 Å². The van der Waals surface area contributed by atoms with Crippen molar-refractivity contribution in [1.82, 2.24) is 10.9 Å². The number of aliphatic carboxylic acids is 1. The summed E-state index contributed by atoms with van der Waals surface area (Å²) in [5.41, 5.74) is 5.76. The minimum absolute atomic E-state index is 0.0625. The minimum atomic E-state index is -0.931. The van der Waals surface area contributed by atoms with Gasteiger partial charge in [0.2, 0.25) is 5.91 Å². The number of aryl methyl sites for hydroxylation is 1. The first kappa shape index (κ1) is 18.2. The molecular weight excluding hydrogens is 336 g/mol. The van der Waals surface area contributed by atoms with Crippen molar-refractivity contribution in [3.05, 3.63) is 29.8 Å². The second-order valence-corrected chi connectivity index (χ2v) is 7.28. The summed E-state index contributed by atoms with van der Waals surface area (Å²) < 4.78 is 5.57. The Morgan fingerprint density at radius 1 is 1.15 bits per heavy atom. The van der Waals surface area contributed by atoms with Gasteiger partial charge in [0.25, 0.3) is 5.91 Å². The molecule has 7 heteroatoms. The maximum absolute atomic E-state index is 12.5. The highest BCUT2D eigenvalue weighted by Gasteiger charge is 2.54. The van der Waals surface area contributed by atoms with Gasteiger partial charge in [0.05, 0.1) is 11.8 Å². The predicted molar refractivity (Wildman–Crippen MR) is 93.0 cm³/mol. The van der Waals surface area contributed by atoms with Crippen molar-refractivity contribution in [3.8, 4) is 5.75 Å². The van der Waals surface area contributed by atoms with Crippen LogP contribution >= 0.6 is 0 Å². The van der Waals surface area contributed by atoms with Gasteiger partial charge < -0.3 is 9.84 Å². The van der Waals surface area contributed by atoms with Crippen molar-refractivity contribution in [2.75, 3.05) is 0 Å². The lowest BCUT2D eigenvalue weighted by Crippen LogP contribution is -2.51. The summed E-state index contributed by atoms with van der Waals surface area (Å²) in [6.07, 6.45) is 1.70. The fourth-order valence-electron chi connectivity index (χ4n) is 4.28. The predicted octanol–water partition coefficient (Wildman–Crippen LogP) is 1.66. The van der Waals surface area contributed by atoms with E-state index in [0.29, 0.717) is 5.75 Å². The van der Waals surface area contributed by atoms with E-state index in [1.807, 2.05) is 25.1 Å². The topological polar surface area (TPSA) is 105 Å². The number of benzene rings is 1. The number of hydrazine groups is 1. The van der Waals surface area contributed by atoms with E-state index in [4.69, 9.17) is 4.74 Å². The number of carbonyl (C=O) groups is 3. The second kappa shape index (κ2) is 7.35. The number of carbonyl (C=O) groups excluding carboxylic acids is 2. The van der Waals surface area contributed by atoms with Crippen molar-refractivity contribution in [3.63, 3.8) is 0 Å². The SMILES string of the molecule is Cc1cccc(O[C@@H](C)C(=O)NNC(=O)[C@@H]2[C@@H]3CC[C@@H](C3)[C@@H]2C(=O)O)c1. The summed E-state index contributed by atoms with van der Waals surface area (Å²) in [6, 6.07) is 7.32. The Hall–Kier alpha value is -2.57. The van der Waals surface area contributed by atoms with Crippen LogP contribution in [0.3, 0.4) is 0 Å². The highest BCUT2D eigenvalue weighted by Crippen LogP contribution is 2.52. The third-order valence-electron chi connectivity index (χ3n) is 5.48. The molecule has 2 saturated carbocycles. The van der Waals surface area contributed by atoms with Gasteiger partial charge in [0, 0.05) is 0 Å². The lowest BCUT2D eigenvalue weighted by molar-refractivity contribution is -0.150. The molecule has 2 aliphatic carbocycles. The normalized spacial score (nSPS) is 27.6. The van der Waals surface area contributed by atoms with E-state index in [1.165, 1.54) is 0 Å². The summed E-state index contributed by atoms with van der Waals surface area (Å²) in [5, 5.41) is 9.42. The van der Waals surface area contributed by atoms with Gasteiger partial charge in [-0.05, 0) is 62.6 Å². The third-order valence-corrected chi connectivity index (χ3v) is 5.48. The van der Waals surface area contributed by atoms with Gasteiger partial charge in [0.15, 0.2) is 6.10 Å². The zero-order valence-corrected chi connectivity index (χ0v) is 14.9. The highest BCUT2D eigenvalue weighted by molar-refractivity contribution is 5.89. The number of amides is 2. The van der Waals surface area contributed by atoms with Gasteiger partial charge >= 0.3 is 5.97 Å². The molecule has 0 aromatic heterocycles. The molecule has 2 fully saturated rings. The van der Waals surface area contributed by atoms with E-state index in [1.54, 1.807) is 13.0 Å². The zero-order valence-electron chi connectivity index (χ0n) is 14.9. The van der Waals surface area contributed by atoms with E-state index >= 15 is 0 Å². The zero-order chi connectivity index (χ0) is 18.8. The minimum Gasteiger partial charge on any atom is -0.481 e. The number of carboxylic acid groups (broad SMARTS) is 1. The molecule has 0 saturated heterocycles. The van der Waals surface area contributed by atoms with Crippen LogP contribution in [0.25, 0.3) is 0 Å². The van der Waals surface area contributed by atoms with Crippen molar-refractivity contribution >= 4 is 17.8 Å². The van der Waals surface area contributed by atoms with Gasteiger partial charge in [-0.1, -0.05) is 12.1 Å². The molecule has 0 unspecified atom stereocenters. The fraction of sp³-hybridized carbons (Fsp3) is 0.526. The van der Waals surface area contributed by atoms with Crippen molar-refractivity contribution in [2.24, 2.45) is 23.7 Å². The number of fused-ring (bicyclic) bond motifs is 2. The number of nitrogens with one attached hydrogen (secondary N) is 2. The Labute approximate surface area is 152 Å². The summed E-state index contributed by atoms with van der Waals surface area (Å²) in [7, 11) is 0. The molecule has 0 aliphatic heterocycles. The molecule has 7 nitrogen and oxygen atoms in total. The average Bonchev–Trinajstić information content (AvgIpc) is 3.20. The first-order chi connectivity index (χ1) is 12.4. The molecule has 1 aromatic carbocycles. The Bertz CT molecular complexity index is 720. The monoisotopic (exact) mass is 360 g/mol. The smallest absolute Gasteiger partial charge is 0.307 e. The molecule has 2 aliphatic rings. The first-order valence-corrected chi connectivity index (χ1v) is 8.92. The standard InChI is InChI=1S/C19H24N2O5/c1-10-4-3-5-14(8-10)26-11(2)17(22)20-21-18(23)15-12-6-7-13(9-12)16(15)19(24)25/h3-5,8,11-13,15-16H,6-7,9H2,1-2H3,(H,20,22)(H,21,23)(H,24,25)/t11-,12+,13-,15+,16-/m0/s1. The summed E-state index contributed by atoms with van der Waals surface area (Å²) >= 11 is 0. The summed E-state index contributed by atoms with van der Waals surface area (Å²) in [6.45, 7) is 3.51. The number of ether oxygens (including phenoxy) is 1. The van der Waals surface area contributed by atoms with Gasteiger partial charge in [-0.2, -0.15) is 0 Å². The maximum Gasteiger partial charge on any atom is 0.307 e. The van der Waals surface area contributed by atoms with Gasteiger partial charge in [-0.25, -0.2) is 0 Å². The Kier molecular flexibility index (Phi) is 5.15. The largest absolute Gasteiger partial charge is 0.481 e. The Balaban J connectivity index is 1.54. The van der Waals surface area contributed by atoms with Crippen LogP contribution in [0.2, 0.25) is 0 Å². The fourth-order valence-corrected chi connectivity index (χ4v) is 4.28. The molecule has 2 bridgehead atoms. The van der Waals surface area contributed by atoms with Crippen molar-refractivity contribution in [1.29, 1.82) is 0 Å². The van der Waals surface area contributed by atoms with Crippen LogP contribution in [0.1, 0.15) is 31.7 Å². The molecule has 3 N–H and O–H groups in total. The second-order valence-electron chi connectivity index (χ2n) is 7.28. The third kappa shape index (κ3) is 3.66. The molecule has 0 radical (unpaired) electrons. The Morgan fingerprint density at radius 2 is 1.85 bits per heavy atom. The highest BCUT2D eigenvalue weighted by atomic mass is 16.5. The summed E-state index contributed by atoms with van der Waals surface area (Å²) in [5.74, 6) is -2.38. The van der Waals surface area contributed by atoms with E-state index in [-0.39, 0.29) is 11.8 Å². The van der Waals surface area contributed by atoms with Crippen LogP contribution in [0.5, 0.6) is 5.75 Å². The van der Waals surface area contributed by atoms with E-state index in [0.717, 1.165) is 24.8 Å². The molecular formula is C19H24N2O5. The maximum atomic E-state index is 12.5. The quantitative estimate of drug-likeness (QED) is 0.693. The van der Waals surface area contributed by atoms with Crippen LogP contribution in [-0.2, 0) is 14.4 Å². The van der Waals surface area contributed by atoms with E-state index in [9.17, 15) is 19.5 Å². The first-order valence-electron chi connectivity index (χ1n) is 8.92. The van der Waals surface area contributed by atoms with Crippen molar-refractivity contribution in [2.45, 2.75) is 39.2 Å². The lowest BCUT2D eigenvalue weighted by Gasteiger charge is -2.27. The molecule has 1 aromatic rings. The molecule has 0 spiro atoms. The molecule has 0 heterocycles. The lowest BCUT2D eigenvalue weighted by atomic mass is 9.79. The van der Waals surface area contributed by atoms with Gasteiger partial charge in [0.1, 0.15) is 5.75 Å². The van der Waals surface area contributed by atoms with Gasteiger partial charge in [-0.3, -0.25) is 25.2 Å². The molecule has 3 rings (SSSR count). The number of carboxylic acids is 1. The van der Waals surface area contributed by atoms with E-state index in [2.05, 4.69) is 10.9 Å². The molecule has 2 amide bonds. The van der Waals surface area contributed by atoms with Gasteiger partial charge in [-0.15, -0.1) is 0 Å².